The van der Waals surface area contributed by atoms with Crippen LogP contribution in [0.4, 0.5) is 0 Å². The minimum atomic E-state index is -3.31. The molecule has 110 valence electrons. The van der Waals surface area contributed by atoms with E-state index < -0.39 is 9.84 Å². The van der Waals surface area contributed by atoms with Crippen LogP contribution in [0.15, 0.2) is 23.1 Å². The number of carbonyl (C=O) groups excluding carboxylic acids is 1. The Morgan fingerprint density at radius 3 is 2.50 bits per heavy atom. The Hall–Kier alpha value is -1.36. The normalized spacial score (nSPS) is 26.2. The van der Waals surface area contributed by atoms with Gasteiger partial charge in [-0.25, -0.2) is 8.42 Å². The van der Waals surface area contributed by atoms with E-state index in [2.05, 4.69) is 0 Å². The average molecular weight is 296 g/mol. The van der Waals surface area contributed by atoms with Crippen molar-refractivity contribution in [3.63, 3.8) is 0 Å². The highest BCUT2D eigenvalue weighted by atomic mass is 32.2. The SMILES string of the molecule is CCC1(C)C(=O)CC1c1ccc(S(C)(=O)=O)c(OC)c1. The zero-order valence-corrected chi connectivity index (χ0v) is 13.1. The highest BCUT2D eigenvalue weighted by Crippen LogP contribution is 2.52. The first kappa shape index (κ1) is 15.0. The topological polar surface area (TPSA) is 60.4 Å². The molecule has 0 heterocycles. The molecular formula is C15H20O4S. The van der Waals surface area contributed by atoms with E-state index in [4.69, 9.17) is 4.74 Å². The van der Waals surface area contributed by atoms with E-state index in [0.29, 0.717) is 12.2 Å². The van der Waals surface area contributed by atoms with Gasteiger partial charge in [0.25, 0.3) is 0 Å². The molecule has 0 bridgehead atoms. The van der Waals surface area contributed by atoms with Crippen molar-refractivity contribution in [2.24, 2.45) is 5.41 Å². The summed E-state index contributed by atoms with van der Waals surface area (Å²) in [4.78, 5) is 12.0. The Morgan fingerprint density at radius 2 is 2.05 bits per heavy atom. The molecule has 2 unspecified atom stereocenters. The predicted molar refractivity (Wildman–Crippen MR) is 76.9 cm³/mol. The lowest BCUT2D eigenvalue weighted by atomic mass is 9.56. The Balaban J connectivity index is 2.44. The third-order valence-corrected chi connectivity index (χ3v) is 5.66. The number of ketones is 1. The van der Waals surface area contributed by atoms with Crippen molar-refractivity contribution >= 4 is 15.6 Å². The molecule has 1 saturated carbocycles. The third kappa shape index (κ3) is 2.24. The van der Waals surface area contributed by atoms with Gasteiger partial charge < -0.3 is 4.74 Å². The van der Waals surface area contributed by atoms with Crippen molar-refractivity contribution in [3.8, 4) is 5.75 Å². The van der Waals surface area contributed by atoms with E-state index in [-0.39, 0.29) is 22.0 Å². The van der Waals surface area contributed by atoms with Gasteiger partial charge in [-0.1, -0.05) is 19.9 Å². The van der Waals surface area contributed by atoms with E-state index in [9.17, 15) is 13.2 Å². The van der Waals surface area contributed by atoms with E-state index in [0.717, 1.165) is 18.2 Å². The van der Waals surface area contributed by atoms with Gasteiger partial charge in [-0.2, -0.15) is 0 Å². The van der Waals surface area contributed by atoms with Crippen molar-refractivity contribution in [2.75, 3.05) is 13.4 Å². The van der Waals surface area contributed by atoms with Crippen molar-refractivity contribution in [1.29, 1.82) is 0 Å². The van der Waals surface area contributed by atoms with Crippen LogP contribution in [-0.2, 0) is 14.6 Å². The highest BCUT2D eigenvalue weighted by molar-refractivity contribution is 7.90. The van der Waals surface area contributed by atoms with Crippen molar-refractivity contribution in [2.45, 2.75) is 37.5 Å². The summed E-state index contributed by atoms with van der Waals surface area (Å²) in [6.45, 7) is 3.98. The van der Waals surface area contributed by atoms with Crippen LogP contribution in [0.1, 0.15) is 38.2 Å². The summed E-state index contributed by atoms with van der Waals surface area (Å²) in [6, 6.07) is 5.12. The molecule has 0 radical (unpaired) electrons. The van der Waals surface area contributed by atoms with E-state index in [1.807, 2.05) is 13.8 Å². The van der Waals surface area contributed by atoms with Crippen molar-refractivity contribution in [3.05, 3.63) is 23.8 Å². The van der Waals surface area contributed by atoms with Crippen LogP contribution in [0.3, 0.4) is 0 Å². The zero-order chi connectivity index (χ0) is 15.1. The number of hydrogen-bond donors (Lipinski definition) is 0. The second-order valence-corrected chi connectivity index (χ2v) is 7.62. The number of rotatable bonds is 4. The second kappa shape index (κ2) is 4.88. The Bertz CT molecular complexity index is 648. The molecule has 0 N–H and O–H groups in total. The molecule has 4 nitrogen and oxygen atoms in total. The van der Waals surface area contributed by atoms with Crippen molar-refractivity contribution < 1.29 is 17.9 Å². The number of benzene rings is 1. The van der Waals surface area contributed by atoms with Gasteiger partial charge in [0.05, 0.1) is 7.11 Å². The summed E-state index contributed by atoms with van der Waals surface area (Å²) >= 11 is 0. The van der Waals surface area contributed by atoms with E-state index in [1.54, 1.807) is 18.2 Å². The molecule has 1 aromatic carbocycles. The molecule has 1 aliphatic carbocycles. The number of hydrogen-bond acceptors (Lipinski definition) is 4. The lowest BCUT2D eigenvalue weighted by Crippen LogP contribution is -2.45. The summed E-state index contributed by atoms with van der Waals surface area (Å²) in [7, 11) is -1.86. The predicted octanol–water partition coefficient (Wildman–Crippen LogP) is 2.57. The monoisotopic (exact) mass is 296 g/mol. The van der Waals surface area contributed by atoms with Crippen LogP contribution in [0.2, 0.25) is 0 Å². The smallest absolute Gasteiger partial charge is 0.179 e. The summed E-state index contributed by atoms with van der Waals surface area (Å²) in [6.07, 6.45) is 2.46. The molecule has 2 atom stereocenters. The molecule has 0 spiro atoms. The fourth-order valence-corrected chi connectivity index (χ4v) is 3.67. The highest BCUT2D eigenvalue weighted by Gasteiger charge is 2.50. The van der Waals surface area contributed by atoms with Gasteiger partial charge in [-0.15, -0.1) is 0 Å². The molecular weight excluding hydrogens is 276 g/mol. The lowest BCUT2D eigenvalue weighted by Gasteiger charge is -2.45. The number of methoxy groups -OCH3 is 1. The third-order valence-electron chi connectivity index (χ3n) is 4.52. The maximum atomic E-state index is 11.8. The molecule has 1 aromatic rings. The summed E-state index contributed by atoms with van der Waals surface area (Å²) in [5.74, 6) is 0.765. The van der Waals surface area contributed by atoms with Crippen LogP contribution >= 0.6 is 0 Å². The molecule has 1 fully saturated rings. The Labute approximate surface area is 120 Å². The van der Waals surface area contributed by atoms with Gasteiger partial charge in [0, 0.05) is 24.0 Å². The molecule has 0 saturated heterocycles. The maximum Gasteiger partial charge on any atom is 0.179 e. The maximum absolute atomic E-state index is 11.8. The van der Waals surface area contributed by atoms with Gasteiger partial charge in [0.15, 0.2) is 9.84 Å². The van der Waals surface area contributed by atoms with E-state index >= 15 is 0 Å². The number of sulfone groups is 1. The lowest BCUT2D eigenvalue weighted by molar-refractivity contribution is -0.139. The molecule has 2 rings (SSSR count). The summed E-state index contributed by atoms with van der Waals surface area (Å²) in [5, 5.41) is 0. The number of carbonyl (C=O) groups is 1. The van der Waals surface area contributed by atoms with Crippen LogP contribution in [0.25, 0.3) is 0 Å². The second-order valence-electron chi connectivity index (χ2n) is 5.63. The first-order chi connectivity index (χ1) is 9.24. The molecule has 0 aromatic heterocycles. The van der Waals surface area contributed by atoms with Gasteiger partial charge in [0.1, 0.15) is 16.4 Å². The van der Waals surface area contributed by atoms with Gasteiger partial charge in [0.2, 0.25) is 0 Å². The van der Waals surface area contributed by atoms with Crippen LogP contribution in [0.5, 0.6) is 5.75 Å². The summed E-state index contributed by atoms with van der Waals surface area (Å²) in [5.41, 5.74) is 0.635. The van der Waals surface area contributed by atoms with Crippen LogP contribution < -0.4 is 4.74 Å². The first-order valence-corrected chi connectivity index (χ1v) is 8.54. The standard InChI is InChI=1S/C15H20O4S/c1-5-15(2)11(9-14(15)16)10-6-7-13(20(4,17)18)12(8-10)19-3/h6-8,11H,5,9H2,1-4H3. The van der Waals surface area contributed by atoms with Crippen molar-refractivity contribution in [1.82, 2.24) is 0 Å². The van der Waals surface area contributed by atoms with Gasteiger partial charge in [-0.05, 0) is 24.1 Å². The quantitative estimate of drug-likeness (QED) is 0.856. The van der Waals surface area contributed by atoms with Gasteiger partial charge in [-0.3, -0.25) is 4.79 Å². The Morgan fingerprint density at radius 1 is 1.40 bits per heavy atom. The van der Waals surface area contributed by atoms with Crippen LogP contribution in [-0.4, -0.2) is 27.6 Å². The molecule has 0 aliphatic heterocycles. The molecule has 1 aliphatic rings. The molecule has 20 heavy (non-hydrogen) atoms. The van der Waals surface area contributed by atoms with Crippen LogP contribution in [0, 0.1) is 5.41 Å². The van der Waals surface area contributed by atoms with E-state index in [1.165, 1.54) is 7.11 Å². The minimum absolute atomic E-state index is 0.141. The fourth-order valence-electron chi connectivity index (χ4n) is 2.84. The average Bonchev–Trinajstić information content (AvgIpc) is 2.41. The fraction of sp³-hybridized carbons (Fsp3) is 0.533. The molecule has 0 amide bonds. The Kier molecular flexibility index (Phi) is 3.67. The first-order valence-electron chi connectivity index (χ1n) is 6.65. The number of Topliss-reactive ketones (excluding diaryl/α,β-unsaturated/α-hetero) is 1. The minimum Gasteiger partial charge on any atom is -0.495 e. The number of ether oxygens (including phenoxy) is 1. The van der Waals surface area contributed by atoms with Gasteiger partial charge >= 0.3 is 0 Å². The largest absolute Gasteiger partial charge is 0.495 e. The molecule has 5 heteroatoms. The zero-order valence-electron chi connectivity index (χ0n) is 12.3. The summed E-state index contributed by atoms with van der Waals surface area (Å²) < 4.78 is 28.6.